The fraction of sp³-hybridized carbons (Fsp3) is 0.556. The lowest BCUT2D eigenvalue weighted by Gasteiger charge is -2.30. The van der Waals surface area contributed by atoms with Gasteiger partial charge in [0.2, 0.25) is 0 Å². The number of hydrogen-bond donors (Lipinski definition) is 1. The molecule has 0 saturated carbocycles. The van der Waals surface area contributed by atoms with Gasteiger partial charge in [-0.05, 0) is 28.8 Å². The van der Waals surface area contributed by atoms with Crippen LogP contribution in [0.1, 0.15) is 12.8 Å². The molecule has 1 aliphatic rings. The molecule has 82 valence electrons. The van der Waals surface area contributed by atoms with Crippen molar-refractivity contribution in [1.82, 2.24) is 9.97 Å². The Kier molecular flexibility index (Phi) is 3.31. The summed E-state index contributed by atoms with van der Waals surface area (Å²) < 4.78 is 0.498. The standard InChI is InChI=1S/C9H11BrClN3O/c10-7-8(12-5-13-9(7)15)14-3-1-6(11)2-4-14/h5-6H,1-4H2,(H,12,13,15). The van der Waals surface area contributed by atoms with E-state index in [1.807, 2.05) is 0 Å². The van der Waals surface area contributed by atoms with Crippen molar-refractivity contribution in [3.05, 3.63) is 21.2 Å². The first-order valence-corrected chi connectivity index (χ1v) is 6.03. The van der Waals surface area contributed by atoms with Crippen LogP contribution in [0, 0.1) is 0 Å². The third-order valence-corrected chi connectivity index (χ3v) is 3.65. The molecular weight excluding hydrogens is 281 g/mol. The zero-order valence-corrected chi connectivity index (χ0v) is 10.4. The van der Waals surface area contributed by atoms with Crippen molar-refractivity contribution in [3.63, 3.8) is 0 Å². The van der Waals surface area contributed by atoms with Crippen molar-refractivity contribution in [2.75, 3.05) is 18.0 Å². The molecule has 0 atom stereocenters. The highest BCUT2D eigenvalue weighted by molar-refractivity contribution is 9.10. The minimum atomic E-state index is -0.145. The van der Waals surface area contributed by atoms with Gasteiger partial charge in [0.25, 0.3) is 5.56 Å². The van der Waals surface area contributed by atoms with Gasteiger partial charge in [0, 0.05) is 18.5 Å². The molecule has 0 spiro atoms. The molecule has 4 nitrogen and oxygen atoms in total. The van der Waals surface area contributed by atoms with Gasteiger partial charge in [0.15, 0.2) is 0 Å². The van der Waals surface area contributed by atoms with Crippen LogP contribution in [0.15, 0.2) is 15.6 Å². The molecule has 1 N–H and O–H groups in total. The van der Waals surface area contributed by atoms with E-state index in [0.29, 0.717) is 10.3 Å². The van der Waals surface area contributed by atoms with E-state index in [2.05, 4.69) is 30.8 Å². The lowest BCUT2D eigenvalue weighted by molar-refractivity contribution is 0.579. The summed E-state index contributed by atoms with van der Waals surface area (Å²) in [7, 11) is 0. The van der Waals surface area contributed by atoms with Crippen LogP contribution in [0.5, 0.6) is 0 Å². The Labute approximate surface area is 101 Å². The fourth-order valence-corrected chi connectivity index (χ4v) is 2.32. The van der Waals surface area contributed by atoms with Gasteiger partial charge in [-0.15, -0.1) is 11.6 Å². The highest BCUT2D eigenvalue weighted by Crippen LogP contribution is 2.24. The summed E-state index contributed by atoms with van der Waals surface area (Å²) in [6.45, 7) is 1.70. The number of anilines is 1. The van der Waals surface area contributed by atoms with Crippen molar-refractivity contribution in [2.24, 2.45) is 0 Å². The fourth-order valence-electron chi connectivity index (χ4n) is 1.65. The first-order chi connectivity index (χ1) is 7.18. The van der Waals surface area contributed by atoms with Gasteiger partial charge >= 0.3 is 0 Å². The number of alkyl halides is 1. The van der Waals surface area contributed by atoms with E-state index in [9.17, 15) is 4.79 Å². The van der Waals surface area contributed by atoms with Gasteiger partial charge in [-0.25, -0.2) is 4.98 Å². The van der Waals surface area contributed by atoms with Crippen molar-refractivity contribution in [3.8, 4) is 0 Å². The lowest BCUT2D eigenvalue weighted by Crippen LogP contribution is -2.35. The molecule has 1 aromatic rings. The number of nitrogens with zero attached hydrogens (tertiary/aromatic N) is 2. The molecule has 6 heteroatoms. The second kappa shape index (κ2) is 4.53. The second-order valence-corrected chi connectivity index (χ2v) is 4.94. The van der Waals surface area contributed by atoms with E-state index in [0.717, 1.165) is 25.9 Å². The average Bonchev–Trinajstić information content (AvgIpc) is 2.24. The van der Waals surface area contributed by atoms with Crippen LogP contribution < -0.4 is 10.5 Å². The largest absolute Gasteiger partial charge is 0.355 e. The SMILES string of the molecule is O=c1[nH]cnc(N2CCC(Cl)CC2)c1Br. The number of piperidine rings is 1. The van der Waals surface area contributed by atoms with Gasteiger partial charge in [0.05, 0.1) is 6.33 Å². The number of H-pyrrole nitrogens is 1. The molecular formula is C9H11BrClN3O. The zero-order valence-electron chi connectivity index (χ0n) is 8.04. The summed E-state index contributed by atoms with van der Waals surface area (Å²) in [6.07, 6.45) is 3.29. The summed E-state index contributed by atoms with van der Waals surface area (Å²) >= 11 is 9.26. The highest BCUT2D eigenvalue weighted by Gasteiger charge is 2.20. The molecule has 1 aromatic heterocycles. The number of aromatic amines is 1. The molecule has 1 aliphatic heterocycles. The van der Waals surface area contributed by atoms with Crippen LogP contribution in [0.3, 0.4) is 0 Å². The average molecular weight is 293 g/mol. The number of rotatable bonds is 1. The van der Waals surface area contributed by atoms with E-state index >= 15 is 0 Å². The molecule has 0 amide bonds. The van der Waals surface area contributed by atoms with Crippen molar-refractivity contribution >= 4 is 33.3 Å². The minimum absolute atomic E-state index is 0.145. The Morgan fingerprint density at radius 3 is 2.87 bits per heavy atom. The maximum atomic E-state index is 11.4. The first kappa shape index (κ1) is 11.0. The topological polar surface area (TPSA) is 49.0 Å². The van der Waals surface area contributed by atoms with Gasteiger partial charge in [-0.3, -0.25) is 4.79 Å². The maximum Gasteiger partial charge on any atom is 0.267 e. The summed E-state index contributed by atoms with van der Waals surface area (Å²) in [5, 5.41) is 0.252. The van der Waals surface area contributed by atoms with Crippen LogP contribution in [0.4, 0.5) is 5.82 Å². The monoisotopic (exact) mass is 291 g/mol. The summed E-state index contributed by atoms with van der Waals surface area (Å²) in [5.41, 5.74) is -0.145. The van der Waals surface area contributed by atoms with E-state index < -0.39 is 0 Å². The summed E-state index contributed by atoms with van der Waals surface area (Å²) in [6, 6.07) is 0. The van der Waals surface area contributed by atoms with Crippen molar-refractivity contribution in [1.29, 1.82) is 0 Å². The number of nitrogens with one attached hydrogen (secondary N) is 1. The molecule has 2 heterocycles. The smallest absolute Gasteiger partial charge is 0.267 e. The summed E-state index contributed by atoms with van der Waals surface area (Å²) in [5.74, 6) is 0.710. The van der Waals surface area contributed by atoms with Crippen LogP contribution in [-0.2, 0) is 0 Å². The Morgan fingerprint density at radius 1 is 1.53 bits per heavy atom. The molecule has 0 bridgehead atoms. The van der Waals surface area contributed by atoms with Crippen molar-refractivity contribution < 1.29 is 0 Å². The molecule has 1 saturated heterocycles. The normalized spacial score (nSPS) is 18.1. The predicted molar refractivity (Wildman–Crippen MR) is 63.6 cm³/mol. The number of halogens is 2. The van der Waals surface area contributed by atoms with Gasteiger partial charge in [-0.2, -0.15) is 0 Å². The van der Waals surface area contributed by atoms with Crippen molar-refractivity contribution in [2.45, 2.75) is 18.2 Å². The number of aromatic nitrogens is 2. The third kappa shape index (κ3) is 2.34. The highest BCUT2D eigenvalue weighted by atomic mass is 79.9. The lowest BCUT2D eigenvalue weighted by atomic mass is 10.1. The van der Waals surface area contributed by atoms with Gasteiger partial charge in [0.1, 0.15) is 10.3 Å². The Hall–Kier alpha value is -0.550. The van der Waals surface area contributed by atoms with E-state index in [1.165, 1.54) is 6.33 Å². The Morgan fingerprint density at radius 2 is 2.20 bits per heavy atom. The molecule has 15 heavy (non-hydrogen) atoms. The van der Waals surface area contributed by atoms with Crippen LogP contribution >= 0.6 is 27.5 Å². The van der Waals surface area contributed by atoms with Crippen LogP contribution in [0.2, 0.25) is 0 Å². The zero-order chi connectivity index (χ0) is 10.8. The predicted octanol–water partition coefficient (Wildman–Crippen LogP) is 1.74. The van der Waals surface area contributed by atoms with E-state index in [4.69, 9.17) is 11.6 Å². The van der Waals surface area contributed by atoms with E-state index in [1.54, 1.807) is 0 Å². The number of hydrogen-bond acceptors (Lipinski definition) is 3. The van der Waals surface area contributed by atoms with Crippen LogP contribution in [0.25, 0.3) is 0 Å². The molecule has 2 rings (SSSR count). The minimum Gasteiger partial charge on any atom is -0.355 e. The van der Waals surface area contributed by atoms with Gasteiger partial charge < -0.3 is 9.88 Å². The Bertz CT molecular complexity index is 401. The summed E-state index contributed by atoms with van der Waals surface area (Å²) in [4.78, 5) is 20.1. The van der Waals surface area contributed by atoms with E-state index in [-0.39, 0.29) is 10.9 Å². The third-order valence-electron chi connectivity index (χ3n) is 2.50. The second-order valence-electron chi connectivity index (χ2n) is 3.53. The quantitative estimate of drug-likeness (QED) is 0.802. The Balaban J connectivity index is 2.23. The molecule has 1 fully saturated rings. The van der Waals surface area contributed by atoms with Crippen LogP contribution in [-0.4, -0.2) is 28.4 Å². The first-order valence-electron chi connectivity index (χ1n) is 4.80. The molecule has 0 aliphatic carbocycles. The van der Waals surface area contributed by atoms with Gasteiger partial charge in [-0.1, -0.05) is 0 Å². The maximum absolute atomic E-state index is 11.4. The molecule has 0 aromatic carbocycles. The molecule has 0 unspecified atom stereocenters. The molecule has 0 radical (unpaired) electrons.